The zero-order valence-corrected chi connectivity index (χ0v) is 13.6. The van der Waals surface area contributed by atoms with Gasteiger partial charge in [0.25, 0.3) is 5.91 Å². The number of hydrogen-bond donors (Lipinski definition) is 1. The highest BCUT2D eigenvalue weighted by Gasteiger charge is 2.33. The Morgan fingerprint density at radius 1 is 1.35 bits per heavy atom. The number of benzene rings is 1. The Morgan fingerprint density at radius 2 is 2.26 bits per heavy atom. The van der Waals surface area contributed by atoms with Gasteiger partial charge in [0, 0.05) is 24.7 Å². The van der Waals surface area contributed by atoms with E-state index in [1.54, 1.807) is 6.07 Å². The van der Waals surface area contributed by atoms with Crippen molar-refractivity contribution in [3.05, 3.63) is 23.8 Å². The van der Waals surface area contributed by atoms with E-state index in [2.05, 4.69) is 17.1 Å². The second-order valence-corrected chi connectivity index (χ2v) is 6.94. The SMILES string of the molecule is CC[C@@H]1COc2cc(C(=O)N[C@@H]3C[C@H]4CCN(C4)C3)ccc2O1. The lowest BCUT2D eigenvalue weighted by Crippen LogP contribution is -2.47. The molecular weight excluding hydrogens is 292 g/mol. The molecule has 2 fully saturated rings. The molecule has 3 aliphatic heterocycles. The minimum Gasteiger partial charge on any atom is -0.486 e. The van der Waals surface area contributed by atoms with Crippen LogP contribution in [0.3, 0.4) is 0 Å². The van der Waals surface area contributed by atoms with Crippen LogP contribution in [0, 0.1) is 5.92 Å². The molecule has 3 aliphatic rings. The van der Waals surface area contributed by atoms with Gasteiger partial charge in [0.15, 0.2) is 11.5 Å². The summed E-state index contributed by atoms with van der Waals surface area (Å²) in [5.74, 6) is 2.15. The predicted molar refractivity (Wildman–Crippen MR) is 87.1 cm³/mol. The fraction of sp³-hybridized carbons (Fsp3) is 0.611. The van der Waals surface area contributed by atoms with Crippen LogP contribution in [0.25, 0.3) is 0 Å². The number of hydrogen-bond acceptors (Lipinski definition) is 4. The highest BCUT2D eigenvalue weighted by atomic mass is 16.6. The number of amides is 1. The van der Waals surface area contributed by atoms with Crippen LogP contribution < -0.4 is 14.8 Å². The van der Waals surface area contributed by atoms with Gasteiger partial charge in [0.2, 0.25) is 0 Å². The van der Waals surface area contributed by atoms with Crippen molar-refractivity contribution < 1.29 is 14.3 Å². The first kappa shape index (κ1) is 14.8. The second-order valence-electron chi connectivity index (χ2n) is 6.94. The Balaban J connectivity index is 1.43. The Labute approximate surface area is 136 Å². The van der Waals surface area contributed by atoms with Crippen molar-refractivity contribution in [1.29, 1.82) is 0 Å². The van der Waals surface area contributed by atoms with Gasteiger partial charge < -0.3 is 19.7 Å². The third-order valence-corrected chi connectivity index (χ3v) is 5.18. The first-order chi connectivity index (χ1) is 11.2. The quantitative estimate of drug-likeness (QED) is 0.927. The molecule has 2 bridgehead atoms. The zero-order chi connectivity index (χ0) is 15.8. The van der Waals surface area contributed by atoms with E-state index in [-0.39, 0.29) is 18.1 Å². The van der Waals surface area contributed by atoms with Crippen LogP contribution in [0.1, 0.15) is 36.5 Å². The number of carbonyl (C=O) groups excluding carboxylic acids is 1. The summed E-state index contributed by atoms with van der Waals surface area (Å²) in [6, 6.07) is 5.74. The van der Waals surface area contributed by atoms with Gasteiger partial charge in [-0.05, 0) is 49.9 Å². The van der Waals surface area contributed by atoms with Gasteiger partial charge in [-0.1, -0.05) is 6.92 Å². The number of rotatable bonds is 3. The van der Waals surface area contributed by atoms with Crippen molar-refractivity contribution >= 4 is 5.91 Å². The molecule has 1 unspecified atom stereocenters. The van der Waals surface area contributed by atoms with Gasteiger partial charge in [0.1, 0.15) is 12.7 Å². The largest absolute Gasteiger partial charge is 0.486 e. The average molecular weight is 316 g/mol. The predicted octanol–water partition coefficient (Wildman–Crippen LogP) is 2.06. The minimum absolute atomic E-state index is 0.0125. The van der Waals surface area contributed by atoms with E-state index in [1.165, 1.54) is 19.5 Å². The molecule has 4 atom stereocenters. The first-order valence-corrected chi connectivity index (χ1v) is 8.68. The molecule has 5 nitrogen and oxygen atoms in total. The minimum atomic E-state index is -0.0125. The molecule has 0 aliphatic carbocycles. The van der Waals surface area contributed by atoms with Gasteiger partial charge >= 0.3 is 0 Å². The third kappa shape index (κ3) is 3.02. The number of fused-ring (bicyclic) bond motifs is 3. The molecule has 1 amide bonds. The number of nitrogens with zero attached hydrogens (tertiary/aromatic N) is 1. The Bertz CT molecular complexity index is 592. The monoisotopic (exact) mass is 316 g/mol. The van der Waals surface area contributed by atoms with Gasteiger partial charge in [-0.15, -0.1) is 0 Å². The lowest BCUT2D eigenvalue weighted by atomic mass is 9.96. The highest BCUT2D eigenvalue weighted by molar-refractivity contribution is 5.95. The summed E-state index contributed by atoms with van der Waals surface area (Å²) < 4.78 is 11.6. The maximum atomic E-state index is 12.5. The summed E-state index contributed by atoms with van der Waals surface area (Å²) in [7, 11) is 0. The van der Waals surface area contributed by atoms with E-state index in [4.69, 9.17) is 9.47 Å². The zero-order valence-electron chi connectivity index (χ0n) is 13.6. The fourth-order valence-corrected chi connectivity index (χ4v) is 3.89. The number of ether oxygens (including phenoxy) is 2. The van der Waals surface area contributed by atoms with E-state index < -0.39 is 0 Å². The van der Waals surface area contributed by atoms with Gasteiger partial charge in [-0.25, -0.2) is 0 Å². The molecular formula is C18H24N2O3. The summed E-state index contributed by atoms with van der Waals surface area (Å²) in [6.45, 7) is 5.99. The summed E-state index contributed by atoms with van der Waals surface area (Å²) in [6.07, 6.45) is 3.40. The summed E-state index contributed by atoms with van der Waals surface area (Å²) >= 11 is 0. The van der Waals surface area contributed by atoms with Crippen LogP contribution in [0.4, 0.5) is 0 Å². The number of carbonyl (C=O) groups is 1. The second kappa shape index (κ2) is 6.04. The third-order valence-electron chi connectivity index (χ3n) is 5.18. The number of piperidine rings is 1. The molecule has 0 aromatic heterocycles. The Hall–Kier alpha value is -1.75. The maximum Gasteiger partial charge on any atom is 0.251 e. The van der Waals surface area contributed by atoms with Crippen molar-refractivity contribution in [2.24, 2.45) is 5.92 Å². The molecule has 2 saturated heterocycles. The lowest BCUT2D eigenvalue weighted by molar-refractivity contribution is 0.0867. The van der Waals surface area contributed by atoms with Gasteiger partial charge in [-0.3, -0.25) is 4.79 Å². The Kier molecular flexibility index (Phi) is 3.89. The fourth-order valence-electron chi connectivity index (χ4n) is 3.89. The first-order valence-electron chi connectivity index (χ1n) is 8.68. The van der Waals surface area contributed by atoms with E-state index in [0.29, 0.717) is 17.9 Å². The van der Waals surface area contributed by atoms with E-state index >= 15 is 0 Å². The smallest absolute Gasteiger partial charge is 0.251 e. The molecule has 5 heteroatoms. The summed E-state index contributed by atoms with van der Waals surface area (Å²) in [5, 5.41) is 3.19. The van der Waals surface area contributed by atoms with Crippen molar-refractivity contribution in [2.45, 2.75) is 38.3 Å². The van der Waals surface area contributed by atoms with Crippen LogP contribution in [0.5, 0.6) is 11.5 Å². The Morgan fingerprint density at radius 3 is 3.09 bits per heavy atom. The topological polar surface area (TPSA) is 50.8 Å². The van der Waals surface area contributed by atoms with E-state index in [0.717, 1.165) is 31.1 Å². The normalized spacial score (nSPS) is 31.7. The molecule has 3 heterocycles. The van der Waals surface area contributed by atoms with Crippen molar-refractivity contribution in [2.75, 3.05) is 26.2 Å². The molecule has 124 valence electrons. The lowest BCUT2D eigenvalue weighted by Gasteiger charge is -2.30. The van der Waals surface area contributed by atoms with Crippen molar-refractivity contribution in [3.63, 3.8) is 0 Å². The molecule has 1 aromatic rings. The number of nitrogens with one attached hydrogen (secondary N) is 1. The molecule has 23 heavy (non-hydrogen) atoms. The van der Waals surface area contributed by atoms with Gasteiger partial charge in [-0.2, -0.15) is 0 Å². The maximum absolute atomic E-state index is 12.5. The average Bonchev–Trinajstić information content (AvgIpc) is 2.92. The molecule has 4 rings (SSSR count). The van der Waals surface area contributed by atoms with Gasteiger partial charge in [0.05, 0.1) is 0 Å². The molecule has 1 aromatic carbocycles. The van der Waals surface area contributed by atoms with Crippen molar-refractivity contribution in [1.82, 2.24) is 10.2 Å². The summed E-state index contributed by atoms with van der Waals surface area (Å²) in [5.41, 5.74) is 0.648. The standard InChI is InChI=1S/C18H24N2O3/c1-2-15-11-22-17-8-13(3-4-16(17)23-15)18(21)19-14-7-12-5-6-20(9-12)10-14/h3-4,8,12,14-15H,2,5-7,9-11H2,1H3,(H,19,21)/t12-,14-,15-/m1/s1. The van der Waals surface area contributed by atoms with Crippen LogP contribution in [0.2, 0.25) is 0 Å². The van der Waals surface area contributed by atoms with Crippen LogP contribution in [0.15, 0.2) is 18.2 Å². The molecule has 0 radical (unpaired) electrons. The van der Waals surface area contributed by atoms with Crippen LogP contribution in [-0.2, 0) is 0 Å². The van der Waals surface area contributed by atoms with E-state index in [1.807, 2.05) is 12.1 Å². The van der Waals surface area contributed by atoms with E-state index in [9.17, 15) is 4.79 Å². The molecule has 0 saturated carbocycles. The van der Waals surface area contributed by atoms with Crippen LogP contribution in [-0.4, -0.2) is 49.2 Å². The van der Waals surface area contributed by atoms with Crippen LogP contribution >= 0.6 is 0 Å². The highest BCUT2D eigenvalue weighted by Crippen LogP contribution is 2.33. The molecule has 0 spiro atoms. The molecule has 1 N–H and O–H groups in total. The summed E-state index contributed by atoms with van der Waals surface area (Å²) in [4.78, 5) is 15.0. The van der Waals surface area contributed by atoms with Crippen molar-refractivity contribution in [3.8, 4) is 11.5 Å².